The Morgan fingerprint density at radius 1 is 1.38 bits per heavy atom. The van der Waals surface area contributed by atoms with Crippen molar-refractivity contribution in [1.82, 2.24) is 10.6 Å². The maximum absolute atomic E-state index is 11.4. The molecule has 4 N–H and O–H groups in total. The Labute approximate surface area is 99.9 Å². The number of hydrogen-bond acceptors (Lipinski definition) is 4. The van der Waals surface area contributed by atoms with E-state index in [-0.39, 0.29) is 29.7 Å². The molecule has 0 aromatic heterocycles. The fourth-order valence-electron chi connectivity index (χ4n) is 1.58. The third-order valence-corrected chi connectivity index (χ3v) is 4.13. The Morgan fingerprint density at radius 3 is 2.69 bits per heavy atom. The van der Waals surface area contributed by atoms with Crippen LogP contribution < -0.4 is 16.4 Å². The van der Waals surface area contributed by atoms with E-state index in [0.717, 1.165) is 12.2 Å². The lowest BCUT2D eigenvalue weighted by atomic mass is 10.1. The van der Waals surface area contributed by atoms with E-state index in [4.69, 9.17) is 5.73 Å². The number of amides is 2. The average molecular weight is 245 g/mol. The zero-order valence-corrected chi connectivity index (χ0v) is 10.4. The van der Waals surface area contributed by atoms with E-state index in [1.165, 1.54) is 6.42 Å². The topological polar surface area (TPSA) is 84.2 Å². The first kappa shape index (κ1) is 13.3. The monoisotopic (exact) mass is 245 g/mol. The zero-order valence-electron chi connectivity index (χ0n) is 9.54. The van der Waals surface area contributed by atoms with Crippen molar-refractivity contribution in [1.29, 1.82) is 0 Å². The number of thioether (sulfide) groups is 1. The molecule has 0 bridgehead atoms. The van der Waals surface area contributed by atoms with Crippen molar-refractivity contribution in [2.24, 2.45) is 5.73 Å². The average Bonchev–Trinajstić information content (AvgIpc) is 2.71. The van der Waals surface area contributed by atoms with Crippen molar-refractivity contribution in [3.05, 3.63) is 0 Å². The van der Waals surface area contributed by atoms with Crippen LogP contribution in [-0.4, -0.2) is 41.9 Å². The molecule has 92 valence electrons. The summed E-state index contributed by atoms with van der Waals surface area (Å²) in [5, 5.41) is 5.27. The van der Waals surface area contributed by atoms with E-state index in [9.17, 15) is 9.59 Å². The van der Waals surface area contributed by atoms with E-state index in [1.54, 1.807) is 0 Å². The molecule has 0 spiro atoms. The number of carbonyl (C=O) groups is 2. The zero-order chi connectivity index (χ0) is 12.0. The fraction of sp³-hybridized carbons (Fsp3) is 0.800. The lowest BCUT2D eigenvalue weighted by Crippen LogP contribution is -2.43. The van der Waals surface area contributed by atoms with E-state index < -0.39 is 0 Å². The van der Waals surface area contributed by atoms with Gasteiger partial charge in [0, 0.05) is 11.3 Å². The van der Waals surface area contributed by atoms with Crippen molar-refractivity contribution < 1.29 is 9.59 Å². The van der Waals surface area contributed by atoms with Gasteiger partial charge in [-0.05, 0) is 25.5 Å². The summed E-state index contributed by atoms with van der Waals surface area (Å²) in [5.74, 6) is 0.697. The van der Waals surface area contributed by atoms with E-state index in [2.05, 4.69) is 17.6 Å². The minimum absolute atomic E-state index is 0.0107. The molecule has 1 rings (SSSR count). The van der Waals surface area contributed by atoms with Crippen LogP contribution in [0, 0.1) is 0 Å². The molecule has 1 unspecified atom stereocenters. The van der Waals surface area contributed by atoms with Crippen LogP contribution in [-0.2, 0) is 9.59 Å². The predicted octanol–water partition coefficient (Wildman–Crippen LogP) is -0.537. The Hall–Kier alpha value is -0.750. The molecule has 0 aromatic rings. The van der Waals surface area contributed by atoms with E-state index >= 15 is 0 Å². The molecule has 1 fully saturated rings. The molecule has 1 atom stereocenters. The number of carbonyl (C=O) groups excluding carboxylic acids is 2. The summed E-state index contributed by atoms with van der Waals surface area (Å²) in [7, 11) is 0. The molecule has 0 aliphatic carbocycles. The first-order chi connectivity index (χ1) is 7.56. The summed E-state index contributed by atoms with van der Waals surface area (Å²) >= 11 is 1.89. The second-order valence-electron chi connectivity index (χ2n) is 4.16. The minimum Gasteiger partial charge on any atom is -0.353 e. The third kappa shape index (κ3) is 4.40. The van der Waals surface area contributed by atoms with Gasteiger partial charge in [0.05, 0.1) is 13.1 Å². The first-order valence-corrected chi connectivity index (χ1v) is 6.42. The van der Waals surface area contributed by atoms with Crippen molar-refractivity contribution in [3.8, 4) is 0 Å². The lowest BCUT2D eigenvalue weighted by Gasteiger charge is -2.22. The molecule has 2 amide bonds. The number of nitrogens with one attached hydrogen (secondary N) is 2. The summed E-state index contributed by atoms with van der Waals surface area (Å²) < 4.78 is 0.160. The molecule has 1 aliphatic rings. The molecule has 0 radical (unpaired) electrons. The maximum Gasteiger partial charge on any atom is 0.239 e. The van der Waals surface area contributed by atoms with Crippen LogP contribution in [0.2, 0.25) is 0 Å². The van der Waals surface area contributed by atoms with E-state index in [1.807, 2.05) is 11.8 Å². The summed E-state index contributed by atoms with van der Waals surface area (Å²) in [5.41, 5.74) is 5.11. The molecular weight excluding hydrogens is 226 g/mol. The Bertz CT molecular complexity index is 265. The first-order valence-electron chi connectivity index (χ1n) is 5.43. The van der Waals surface area contributed by atoms with Gasteiger partial charge in [0.2, 0.25) is 11.8 Å². The molecular formula is C10H19N3O2S. The van der Waals surface area contributed by atoms with Gasteiger partial charge < -0.3 is 16.4 Å². The highest BCUT2D eigenvalue weighted by Gasteiger charge is 2.29. The van der Waals surface area contributed by atoms with Crippen LogP contribution in [0.25, 0.3) is 0 Å². The van der Waals surface area contributed by atoms with Crippen LogP contribution in [0.15, 0.2) is 0 Å². The normalized spacial score (nSPS) is 24.1. The molecule has 1 aliphatic heterocycles. The highest BCUT2D eigenvalue weighted by molar-refractivity contribution is 8.00. The van der Waals surface area contributed by atoms with Gasteiger partial charge in [-0.25, -0.2) is 0 Å². The van der Waals surface area contributed by atoms with Gasteiger partial charge in [-0.3, -0.25) is 9.59 Å². The molecule has 1 saturated heterocycles. The van der Waals surface area contributed by atoms with Gasteiger partial charge in [0.1, 0.15) is 0 Å². The second kappa shape index (κ2) is 6.10. The molecule has 5 nitrogen and oxygen atoms in total. The molecule has 0 aromatic carbocycles. The standard InChI is InChI=1S/C10H19N3O2S/c1-10(3-2-4-16-10)7-13-9(15)6-12-8(14)5-11/h2-7,11H2,1H3,(H,12,14)(H,13,15). The summed E-state index contributed by atoms with van der Waals surface area (Å²) in [4.78, 5) is 22.2. The van der Waals surface area contributed by atoms with Gasteiger partial charge in [0.25, 0.3) is 0 Å². The van der Waals surface area contributed by atoms with Crippen LogP contribution in [0.4, 0.5) is 0 Å². The molecule has 6 heteroatoms. The lowest BCUT2D eigenvalue weighted by molar-refractivity contribution is -0.125. The van der Waals surface area contributed by atoms with Crippen molar-refractivity contribution in [2.45, 2.75) is 24.5 Å². The van der Waals surface area contributed by atoms with Crippen molar-refractivity contribution >= 4 is 23.6 Å². The highest BCUT2D eigenvalue weighted by Crippen LogP contribution is 2.36. The third-order valence-electron chi connectivity index (χ3n) is 2.59. The highest BCUT2D eigenvalue weighted by atomic mass is 32.2. The number of hydrogen-bond donors (Lipinski definition) is 3. The Balaban J connectivity index is 2.17. The predicted molar refractivity (Wildman–Crippen MR) is 65.2 cm³/mol. The Morgan fingerprint density at radius 2 is 2.12 bits per heavy atom. The summed E-state index contributed by atoms with van der Waals surface area (Å²) in [6.45, 7) is 2.75. The summed E-state index contributed by atoms with van der Waals surface area (Å²) in [6, 6.07) is 0. The van der Waals surface area contributed by atoms with Crippen LogP contribution in [0.5, 0.6) is 0 Å². The van der Waals surface area contributed by atoms with Gasteiger partial charge >= 0.3 is 0 Å². The quantitative estimate of drug-likeness (QED) is 0.607. The van der Waals surface area contributed by atoms with Gasteiger partial charge in [-0.1, -0.05) is 0 Å². The number of rotatable bonds is 5. The van der Waals surface area contributed by atoms with Gasteiger partial charge in [-0.15, -0.1) is 0 Å². The Kier molecular flexibility index (Phi) is 5.08. The minimum atomic E-state index is -0.309. The smallest absolute Gasteiger partial charge is 0.239 e. The van der Waals surface area contributed by atoms with Gasteiger partial charge in [0.15, 0.2) is 0 Å². The van der Waals surface area contributed by atoms with Crippen LogP contribution >= 0.6 is 11.8 Å². The fourth-order valence-corrected chi connectivity index (χ4v) is 2.82. The summed E-state index contributed by atoms with van der Waals surface area (Å²) in [6.07, 6.45) is 2.34. The molecule has 1 heterocycles. The van der Waals surface area contributed by atoms with Crippen molar-refractivity contribution in [3.63, 3.8) is 0 Å². The maximum atomic E-state index is 11.4. The van der Waals surface area contributed by atoms with Crippen molar-refractivity contribution in [2.75, 3.05) is 25.4 Å². The largest absolute Gasteiger partial charge is 0.353 e. The number of nitrogens with two attached hydrogens (primary N) is 1. The molecule has 0 saturated carbocycles. The second-order valence-corrected chi connectivity index (χ2v) is 5.84. The van der Waals surface area contributed by atoms with Crippen LogP contribution in [0.3, 0.4) is 0 Å². The molecule has 16 heavy (non-hydrogen) atoms. The van der Waals surface area contributed by atoms with E-state index in [0.29, 0.717) is 6.54 Å². The van der Waals surface area contributed by atoms with Gasteiger partial charge in [-0.2, -0.15) is 11.8 Å². The van der Waals surface area contributed by atoms with Crippen LogP contribution in [0.1, 0.15) is 19.8 Å². The SMILES string of the molecule is CC1(CNC(=O)CNC(=O)CN)CCCS1.